The van der Waals surface area contributed by atoms with Gasteiger partial charge in [-0.15, -0.1) is 5.10 Å². The molecule has 0 aliphatic carbocycles. The maximum Gasteiger partial charge on any atom is 0.335 e. The summed E-state index contributed by atoms with van der Waals surface area (Å²) >= 11 is 0. The average molecular weight is 440 g/mol. The molecule has 0 amide bonds. The van der Waals surface area contributed by atoms with E-state index in [0.29, 0.717) is 25.2 Å². The van der Waals surface area contributed by atoms with Crippen molar-refractivity contribution in [1.82, 2.24) is 14.8 Å². The standard InChI is InChI=1S/C25H27F2N3O2/c1-3-5-9-22-28-24(25(26,27)14-4-2)29-30(22)17-19-12-10-18(11-13-19)15-20-7-6-8-21(16-20)23(31)32/h5-13,16H,3-4,14-15,17H2,1-2H3,(H,31,32)/b9-5+. The predicted octanol–water partition coefficient (Wildman–Crippen LogP) is 5.93. The van der Waals surface area contributed by atoms with Crippen LogP contribution in [-0.2, 0) is 18.9 Å². The Kier molecular flexibility index (Phi) is 7.51. The van der Waals surface area contributed by atoms with E-state index in [1.54, 1.807) is 31.2 Å². The Morgan fingerprint density at radius 1 is 1.09 bits per heavy atom. The molecule has 0 unspecified atom stereocenters. The van der Waals surface area contributed by atoms with Crippen LogP contribution < -0.4 is 0 Å². The number of aromatic nitrogens is 3. The van der Waals surface area contributed by atoms with Crippen molar-refractivity contribution >= 4 is 12.0 Å². The molecule has 1 N–H and O–H groups in total. The number of carboxylic acids is 1. The number of halogens is 2. The van der Waals surface area contributed by atoms with Gasteiger partial charge in [0.2, 0.25) is 5.82 Å². The van der Waals surface area contributed by atoms with Crippen LogP contribution >= 0.6 is 0 Å². The van der Waals surface area contributed by atoms with Gasteiger partial charge in [-0.1, -0.05) is 56.3 Å². The van der Waals surface area contributed by atoms with Gasteiger partial charge in [-0.25, -0.2) is 14.5 Å². The summed E-state index contributed by atoms with van der Waals surface area (Å²) in [6, 6.07) is 14.6. The lowest BCUT2D eigenvalue weighted by atomic mass is 10.0. The molecular weight excluding hydrogens is 412 g/mol. The lowest BCUT2D eigenvalue weighted by molar-refractivity contribution is -0.0232. The van der Waals surface area contributed by atoms with E-state index < -0.39 is 17.7 Å². The molecule has 0 radical (unpaired) electrons. The third-order valence-electron chi connectivity index (χ3n) is 5.03. The van der Waals surface area contributed by atoms with Crippen LogP contribution in [0.2, 0.25) is 0 Å². The highest BCUT2D eigenvalue weighted by atomic mass is 19.3. The normalized spacial score (nSPS) is 11.9. The highest BCUT2D eigenvalue weighted by molar-refractivity contribution is 5.87. The average Bonchev–Trinajstić information content (AvgIpc) is 3.17. The first-order valence-corrected chi connectivity index (χ1v) is 10.7. The zero-order chi connectivity index (χ0) is 23.1. The summed E-state index contributed by atoms with van der Waals surface area (Å²) in [5.41, 5.74) is 3.10. The zero-order valence-corrected chi connectivity index (χ0v) is 18.3. The van der Waals surface area contributed by atoms with Gasteiger partial charge < -0.3 is 5.11 Å². The Balaban J connectivity index is 1.78. The van der Waals surface area contributed by atoms with E-state index in [2.05, 4.69) is 10.1 Å². The molecule has 0 saturated heterocycles. The Bertz CT molecular complexity index is 1090. The summed E-state index contributed by atoms with van der Waals surface area (Å²) < 4.78 is 30.2. The number of aromatic carboxylic acids is 1. The smallest absolute Gasteiger partial charge is 0.335 e. The second-order valence-corrected chi connectivity index (χ2v) is 7.72. The first-order chi connectivity index (χ1) is 15.3. The van der Waals surface area contributed by atoms with Gasteiger partial charge in [-0.05, 0) is 54.2 Å². The molecule has 1 heterocycles. The van der Waals surface area contributed by atoms with Crippen molar-refractivity contribution in [3.8, 4) is 0 Å². The van der Waals surface area contributed by atoms with Crippen molar-refractivity contribution in [1.29, 1.82) is 0 Å². The lowest BCUT2D eigenvalue weighted by Crippen LogP contribution is -2.15. The fourth-order valence-electron chi connectivity index (χ4n) is 3.38. The summed E-state index contributed by atoms with van der Waals surface area (Å²) in [6.45, 7) is 4.00. The van der Waals surface area contributed by atoms with E-state index in [0.717, 1.165) is 23.1 Å². The van der Waals surface area contributed by atoms with Gasteiger partial charge in [-0.2, -0.15) is 8.78 Å². The molecular formula is C25H27F2N3O2. The third kappa shape index (κ3) is 5.87. The number of carbonyl (C=O) groups is 1. The van der Waals surface area contributed by atoms with Crippen LogP contribution in [0.1, 0.15) is 71.8 Å². The molecule has 0 atom stereocenters. The predicted molar refractivity (Wildman–Crippen MR) is 120 cm³/mol. The van der Waals surface area contributed by atoms with Gasteiger partial charge in [0.25, 0.3) is 0 Å². The van der Waals surface area contributed by atoms with Crippen molar-refractivity contribution in [2.45, 2.75) is 52.0 Å². The van der Waals surface area contributed by atoms with Crippen LogP contribution in [0.25, 0.3) is 6.08 Å². The summed E-state index contributed by atoms with van der Waals surface area (Å²) in [5.74, 6) is -4.03. The van der Waals surface area contributed by atoms with Gasteiger partial charge in [0.15, 0.2) is 5.82 Å². The molecule has 0 spiro atoms. The van der Waals surface area contributed by atoms with Gasteiger partial charge >= 0.3 is 11.9 Å². The van der Waals surface area contributed by atoms with Crippen LogP contribution in [-0.4, -0.2) is 25.8 Å². The topological polar surface area (TPSA) is 68.0 Å². The molecule has 7 heteroatoms. The number of benzene rings is 2. The van der Waals surface area contributed by atoms with Crippen LogP contribution in [0.3, 0.4) is 0 Å². The number of carboxylic acid groups (broad SMARTS) is 1. The Hall–Kier alpha value is -3.35. The molecule has 0 saturated carbocycles. The molecule has 3 aromatic rings. The van der Waals surface area contributed by atoms with Crippen molar-refractivity contribution in [3.05, 3.63) is 88.5 Å². The minimum absolute atomic E-state index is 0.258. The molecule has 0 aliphatic heterocycles. The highest BCUT2D eigenvalue weighted by Crippen LogP contribution is 2.30. The minimum atomic E-state index is -3.05. The van der Waals surface area contributed by atoms with E-state index in [1.165, 1.54) is 4.68 Å². The van der Waals surface area contributed by atoms with Crippen LogP contribution in [0.15, 0.2) is 54.6 Å². The number of allylic oxidation sites excluding steroid dienone is 1. The second kappa shape index (κ2) is 10.3. The van der Waals surface area contributed by atoms with Crippen molar-refractivity contribution in [2.24, 2.45) is 0 Å². The number of rotatable bonds is 10. The molecule has 2 aromatic carbocycles. The van der Waals surface area contributed by atoms with Crippen LogP contribution in [0.4, 0.5) is 8.78 Å². The summed E-state index contributed by atoms with van der Waals surface area (Å²) in [6.07, 6.45) is 5.02. The van der Waals surface area contributed by atoms with E-state index in [4.69, 9.17) is 5.11 Å². The Morgan fingerprint density at radius 2 is 1.81 bits per heavy atom. The maximum absolute atomic E-state index is 14.3. The molecule has 5 nitrogen and oxygen atoms in total. The fraction of sp³-hybridized carbons (Fsp3) is 0.320. The SMILES string of the molecule is CC/C=C/c1nc(C(F)(F)CCC)nn1Cc1ccc(Cc2cccc(C(=O)O)c2)cc1. The first kappa shape index (κ1) is 23.3. The van der Waals surface area contributed by atoms with Crippen LogP contribution in [0.5, 0.6) is 0 Å². The van der Waals surface area contributed by atoms with Crippen molar-refractivity contribution in [3.63, 3.8) is 0 Å². The summed E-state index contributed by atoms with van der Waals surface area (Å²) in [7, 11) is 0. The van der Waals surface area contributed by atoms with E-state index >= 15 is 0 Å². The van der Waals surface area contributed by atoms with Gasteiger partial charge in [0, 0.05) is 6.42 Å². The van der Waals surface area contributed by atoms with Gasteiger partial charge in [0.1, 0.15) is 0 Å². The van der Waals surface area contributed by atoms with Gasteiger partial charge in [-0.3, -0.25) is 0 Å². The quantitative estimate of drug-likeness (QED) is 0.425. The van der Waals surface area contributed by atoms with E-state index in [-0.39, 0.29) is 12.0 Å². The molecule has 32 heavy (non-hydrogen) atoms. The number of hydrogen-bond acceptors (Lipinski definition) is 3. The molecule has 0 bridgehead atoms. The highest BCUT2D eigenvalue weighted by Gasteiger charge is 2.35. The molecule has 168 valence electrons. The molecule has 0 aliphatic rings. The van der Waals surface area contributed by atoms with Crippen molar-refractivity contribution < 1.29 is 18.7 Å². The van der Waals surface area contributed by atoms with E-state index in [1.807, 2.05) is 43.3 Å². The fourth-order valence-corrected chi connectivity index (χ4v) is 3.38. The van der Waals surface area contributed by atoms with Crippen LogP contribution in [0, 0.1) is 0 Å². The number of hydrogen-bond donors (Lipinski definition) is 1. The Morgan fingerprint density at radius 3 is 2.47 bits per heavy atom. The summed E-state index contributed by atoms with van der Waals surface area (Å²) in [4.78, 5) is 15.2. The molecule has 1 aromatic heterocycles. The maximum atomic E-state index is 14.3. The second-order valence-electron chi connectivity index (χ2n) is 7.72. The monoisotopic (exact) mass is 439 g/mol. The molecule has 0 fully saturated rings. The number of nitrogens with zero attached hydrogens (tertiary/aromatic N) is 3. The minimum Gasteiger partial charge on any atom is -0.478 e. The van der Waals surface area contributed by atoms with Gasteiger partial charge in [0.05, 0.1) is 12.1 Å². The third-order valence-corrected chi connectivity index (χ3v) is 5.03. The zero-order valence-electron chi connectivity index (χ0n) is 18.3. The largest absolute Gasteiger partial charge is 0.478 e. The molecule has 3 rings (SSSR count). The number of alkyl halides is 2. The summed E-state index contributed by atoms with van der Waals surface area (Å²) in [5, 5.41) is 13.3. The van der Waals surface area contributed by atoms with Crippen molar-refractivity contribution in [2.75, 3.05) is 0 Å². The van der Waals surface area contributed by atoms with E-state index in [9.17, 15) is 13.6 Å². The Labute approximate surface area is 186 Å². The first-order valence-electron chi connectivity index (χ1n) is 10.7. The lowest BCUT2D eigenvalue weighted by Gasteiger charge is -2.10.